The normalized spacial score (nSPS) is 12.3. The summed E-state index contributed by atoms with van der Waals surface area (Å²) in [6, 6.07) is 7.53. The van der Waals surface area contributed by atoms with Crippen molar-refractivity contribution in [1.82, 2.24) is 19.9 Å². The van der Waals surface area contributed by atoms with E-state index in [-0.39, 0.29) is 5.95 Å². The molecule has 0 aliphatic heterocycles. The monoisotopic (exact) mass is 309 g/mol. The Bertz CT molecular complexity index is 831. The Morgan fingerprint density at radius 3 is 2.77 bits per heavy atom. The molecule has 3 rings (SSSR count). The summed E-state index contributed by atoms with van der Waals surface area (Å²) in [7, 11) is 0. The van der Waals surface area contributed by atoms with E-state index in [1.807, 2.05) is 24.3 Å². The Hall–Kier alpha value is -3.04. The molecule has 1 aromatic carbocycles. The summed E-state index contributed by atoms with van der Waals surface area (Å²) in [6.07, 6.45) is -1.51. The summed E-state index contributed by atoms with van der Waals surface area (Å²) >= 11 is 0. The average molecular weight is 309 g/mol. The topological polar surface area (TPSA) is 96.9 Å². The zero-order valence-corrected chi connectivity index (χ0v) is 11.0. The van der Waals surface area contributed by atoms with Crippen LogP contribution in [-0.2, 0) is 6.18 Å². The van der Waals surface area contributed by atoms with Crippen LogP contribution in [0.5, 0.6) is 0 Å². The lowest BCUT2D eigenvalue weighted by Crippen LogP contribution is -2.21. The molecule has 10 heteroatoms. The molecule has 0 aliphatic rings. The Morgan fingerprint density at radius 1 is 1.27 bits per heavy atom. The molecule has 0 unspecified atom stereocenters. The van der Waals surface area contributed by atoms with Gasteiger partial charge in [-0.25, -0.2) is 10.1 Å². The van der Waals surface area contributed by atoms with Gasteiger partial charge in [-0.1, -0.05) is 18.2 Å². The van der Waals surface area contributed by atoms with Crippen LogP contribution in [0.15, 0.2) is 35.6 Å². The Labute approximate surface area is 121 Å². The van der Waals surface area contributed by atoms with Gasteiger partial charge in [0.1, 0.15) is 0 Å². The maximum atomic E-state index is 12.5. The van der Waals surface area contributed by atoms with Crippen LogP contribution in [-0.4, -0.2) is 26.1 Å². The predicted octanol–water partition coefficient (Wildman–Crippen LogP) is 1.94. The number of hydrogen-bond acceptors (Lipinski definition) is 5. The van der Waals surface area contributed by atoms with Gasteiger partial charge in [0.25, 0.3) is 11.8 Å². The van der Waals surface area contributed by atoms with Crippen molar-refractivity contribution >= 4 is 23.1 Å². The predicted molar refractivity (Wildman–Crippen MR) is 74.7 cm³/mol. The molecule has 2 aromatic heterocycles. The van der Waals surface area contributed by atoms with Crippen molar-refractivity contribution in [2.75, 3.05) is 11.3 Å². The number of aromatic amines is 1. The Kier molecular flexibility index (Phi) is 3.20. The highest BCUT2D eigenvalue weighted by Gasteiger charge is 2.38. The first-order chi connectivity index (χ1) is 10.5. The first kappa shape index (κ1) is 13.9. The number of fused-ring (bicyclic) bond motifs is 1. The zero-order chi connectivity index (χ0) is 15.7. The number of anilines is 1. The molecule has 7 nitrogen and oxygen atoms in total. The van der Waals surface area contributed by atoms with Gasteiger partial charge in [0, 0.05) is 22.7 Å². The van der Waals surface area contributed by atoms with Gasteiger partial charge in [0.05, 0.1) is 6.21 Å². The third kappa shape index (κ3) is 2.45. The van der Waals surface area contributed by atoms with Crippen LogP contribution in [0.2, 0.25) is 0 Å². The SMILES string of the molecule is Nn1c(NN=Cc2c[nH]c3ccccc23)nnc1C(F)(F)F. The second kappa shape index (κ2) is 5.06. The van der Waals surface area contributed by atoms with E-state index in [1.165, 1.54) is 6.21 Å². The molecule has 3 aromatic rings. The van der Waals surface area contributed by atoms with E-state index < -0.39 is 12.0 Å². The van der Waals surface area contributed by atoms with Gasteiger partial charge in [-0.15, -0.1) is 10.2 Å². The molecule has 114 valence electrons. The molecule has 0 fully saturated rings. The van der Waals surface area contributed by atoms with Crippen molar-refractivity contribution < 1.29 is 13.2 Å². The van der Waals surface area contributed by atoms with E-state index in [1.54, 1.807) is 6.20 Å². The first-order valence-electron chi connectivity index (χ1n) is 6.09. The quantitative estimate of drug-likeness (QED) is 0.391. The minimum atomic E-state index is -4.68. The summed E-state index contributed by atoms with van der Waals surface area (Å²) in [5.74, 6) is 3.64. The Balaban J connectivity index is 1.79. The number of nitrogens with zero attached hydrogens (tertiary/aromatic N) is 4. The lowest BCUT2D eigenvalue weighted by molar-refractivity contribution is -0.146. The van der Waals surface area contributed by atoms with Crippen molar-refractivity contribution in [3.8, 4) is 0 Å². The van der Waals surface area contributed by atoms with Gasteiger partial charge in [-0.2, -0.15) is 18.3 Å². The van der Waals surface area contributed by atoms with Gasteiger partial charge in [-0.3, -0.25) is 0 Å². The smallest absolute Gasteiger partial charge is 0.361 e. The molecule has 0 saturated heterocycles. The molecule has 0 spiro atoms. The van der Waals surface area contributed by atoms with Crippen LogP contribution in [0.3, 0.4) is 0 Å². The van der Waals surface area contributed by atoms with Crippen LogP contribution < -0.4 is 11.3 Å². The van der Waals surface area contributed by atoms with Gasteiger partial charge in [0.2, 0.25) is 0 Å². The average Bonchev–Trinajstić information content (AvgIpc) is 3.03. The largest absolute Gasteiger partial charge is 0.453 e. The fourth-order valence-electron chi connectivity index (χ4n) is 1.92. The molecule has 4 N–H and O–H groups in total. The molecule has 0 aliphatic carbocycles. The summed E-state index contributed by atoms with van der Waals surface area (Å²) in [6.45, 7) is 0. The van der Waals surface area contributed by atoms with Crippen molar-refractivity contribution in [1.29, 1.82) is 0 Å². The van der Waals surface area contributed by atoms with Gasteiger partial charge < -0.3 is 10.8 Å². The fourth-order valence-corrected chi connectivity index (χ4v) is 1.92. The minimum absolute atomic E-state index is 0.298. The Morgan fingerprint density at radius 2 is 2.05 bits per heavy atom. The molecular weight excluding hydrogens is 299 g/mol. The molecule has 0 saturated carbocycles. The van der Waals surface area contributed by atoms with Crippen molar-refractivity contribution in [2.45, 2.75) is 6.18 Å². The summed E-state index contributed by atoms with van der Waals surface area (Å²) < 4.78 is 37.8. The third-order valence-electron chi connectivity index (χ3n) is 2.94. The molecule has 22 heavy (non-hydrogen) atoms. The first-order valence-corrected chi connectivity index (χ1v) is 6.09. The third-order valence-corrected chi connectivity index (χ3v) is 2.94. The van der Waals surface area contributed by atoms with Crippen LogP contribution in [0.25, 0.3) is 10.9 Å². The second-order valence-corrected chi connectivity index (χ2v) is 4.37. The number of rotatable bonds is 3. The van der Waals surface area contributed by atoms with Crippen LogP contribution in [0, 0.1) is 0 Å². The highest BCUT2D eigenvalue weighted by Crippen LogP contribution is 2.27. The number of nitrogen functional groups attached to an aromatic ring is 1. The van der Waals surface area contributed by atoms with Gasteiger partial charge >= 0.3 is 6.18 Å². The standard InChI is InChI=1S/C12H10F3N7/c13-12(14,15)10-19-21-11(22(10)16)20-18-6-7-5-17-9-4-2-1-3-8(7)9/h1-6,17H,16H2,(H,20,21). The van der Waals surface area contributed by atoms with E-state index in [9.17, 15) is 13.2 Å². The number of para-hydroxylation sites is 1. The van der Waals surface area contributed by atoms with Crippen molar-refractivity contribution in [3.05, 3.63) is 41.9 Å². The molecule has 2 heterocycles. The number of benzene rings is 1. The number of alkyl halides is 3. The molecule has 0 bridgehead atoms. The van der Waals surface area contributed by atoms with Crippen molar-refractivity contribution in [2.24, 2.45) is 5.10 Å². The number of aromatic nitrogens is 4. The number of hydrazone groups is 1. The molecular formula is C12H10F3N7. The van der Waals surface area contributed by atoms with Crippen molar-refractivity contribution in [3.63, 3.8) is 0 Å². The fraction of sp³-hybridized carbons (Fsp3) is 0.0833. The maximum absolute atomic E-state index is 12.5. The molecule has 0 radical (unpaired) electrons. The highest BCUT2D eigenvalue weighted by molar-refractivity contribution is 5.99. The molecule has 0 atom stereocenters. The van der Waals surface area contributed by atoms with E-state index in [0.29, 0.717) is 4.68 Å². The number of H-pyrrole nitrogens is 1. The highest BCUT2D eigenvalue weighted by atomic mass is 19.4. The number of nitrogens with one attached hydrogen (secondary N) is 2. The summed E-state index contributed by atoms with van der Waals surface area (Å²) in [5, 5.41) is 11.0. The summed E-state index contributed by atoms with van der Waals surface area (Å²) in [4.78, 5) is 3.05. The zero-order valence-electron chi connectivity index (χ0n) is 11.0. The number of nitrogens with two attached hydrogens (primary N) is 1. The van der Waals surface area contributed by atoms with Crippen LogP contribution in [0.4, 0.5) is 19.1 Å². The lowest BCUT2D eigenvalue weighted by atomic mass is 10.2. The molecule has 0 amide bonds. The number of hydrogen-bond donors (Lipinski definition) is 3. The van der Waals surface area contributed by atoms with E-state index in [0.717, 1.165) is 16.5 Å². The van der Waals surface area contributed by atoms with Gasteiger partial charge in [0.15, 0.2) is 0 Å². The number of halogens is 3. The second-order valence-electron chi connectivity index (χ2n) is 4.37. The van der Waals surface area contributed by atoms with E-state index in [4.69, 9.17) is 5.84 Å². The summed E-state index contributed by atoms with van der Waals surface area (Å²) in [5.41, 5.74) is 4.02. The van der Waals surface area contributed by atoms with E-state index >= 15 is 0 Å². The lowest BCUT2D eigenvalue weighted by Gasteiger charge is -2.05. The minimum Gasteiger partial charge on any atom is -0.361 e. The van der Waals surface area contributed by atoms with E-state index in [2.05, 4.69) is 25.7 Å². The maximum Gasteiger partial charge on any atom is 0.453 e. The van der Waals surface area contributed by atoms with Crippen LogP contribution in [0.1, 0.15) is 11.4 Å². The van der Waals surface area contributed by atoms with Crippen LogP contribution >= 0.6 is 0 Å². The van der Waals surface area contributed by atoms with Gasteiger partial charge in [-0.05, 0) is 6.07 Å².